The van der Waals surface area contributed by atoms with Crippen molar-refractivity contribution in [2.75, 3.05) is 0 Å². The van der Waals surface area contributed by atoms with Crippen LogP contribution in [0.4, 0.5) is 0 Å². The van der Waals surface area contributed by atoms with E-state index in [0.717, 1.165) is 64.6 Å². The maximum absolute atomic E-state index is 12.2. The Morgan fingerprint density at radius 3 is 1.90 bits per heavy atom. The van der Waals surface area contributed by atoms with E-state index in [1.165, 1.54) is 12.8 Å². The van der Waals surface area contributed by atoms with Crippen LogP contribution in [0.2, 0.25) is 0 Å². The zero-order valence-corrected chi connectivity index (χ0v) is 25.9. The highest BCUT2D eigenvalue weighted by atomic mass is 16.4. The van der Waals surface area contributed by atoms with Crippen LogP contribution in [-0.2, 0) is 23.1 Å². The normalized spacial score (nSPS) is 15.7. The molecule has 224 valence electrons. The molecule has 0 amide bonds. The first kappa shape index (κ1) is 31.4. The molecule has 0 heterocycles. The molecular weight excluding hydrogens is 520 g/mol. The van der Waals surface area contributed by atoms with Gasteiger partial charge in [-0.3, -0.25) is 4.79 Å². The first-order valence-electron chi connectivity index (χ1n) is 15.7. The average molecular weight is 569 g/mol. The number of hydrogen-bond acceptors (Lipinski definition) is 3. The van der Waals surface area contributed by atoms with Gasteiger partial charge < -0.3 is 15.3 Å². The summed E-state index contributed by atoms with van der Waals surface area (Å²) in [6.07, 6.45) is 8.73. The van der Waals surface area contributed by atoms with Crippen molar-refractivity contribution in [2.24, 2.45) is 5.92 Å². The average Bonchev–Trinajstić information content (AvgIpc) is 2.96. The van der Waals surface area contributed by atoms with E-state index in [4.69, 9.17) is 0 Å². The number of benzene rings is 3. The number of allylic oxidation sites excluding steroid dienone is 1. The molecule has 1 atom stereocenters. The summed E-state index contributed by atoms with van der Waals surface area (Å²) < 4.78 is 0. The second-order valence-electron chi connectivity index (χ2n) is 12.9. The van der Waals surface area contributed by atoms with Gasteiger partial charge in [0.1, 0.15) is 11.5 Å². The number of hydrogen-bond donors (Lipinski definition) is 3. The van der Waals surface area contributed by atoms with Gasteiger partial charge in [0.2, 0.25) is 0 Å². The van der Waals surface area contributed by atoms with Crippen LogP contribution in [-0.4, -0.2) is 21.3 Å². The van der Waals surface area contributed by atoms with Crippen molar-refractivity contribution in [1.29, 1.82) is 0 Å². The molecule has 0 bridgehead atoms. The molecule has 0 spiro atoms. The Bertz CT molecular complexity index is 1320. The van der Waals surface area contributed by atoms with Crippen LogP contribution in [0.15, 0.2) is 66.2 Å². The maximum Gasteiger partial charge on any atom is 0.307 e. The molecular formula is C38H48O4. The van der Waals surface area contributed by atoms with Gasteiger partial charge in [-0.2, -0.15) is 0 Å². The van der Waals surface area contributed by atoms with E-state index in [0.29, 0.717) is 37.2 Å². The standard InChI is InChI=1S/C38H48O4/c1-5-6-7-14-21-38(3,4)35-31(23-27-15-10-8-11-16-27)36(41)34(30-22-26(2)19-20-29(30)25-33(39)40)37(42)32(35)24-28-17-12-9-13-18-28/h8-13,15-18,26,41-42H,5-7,14,19-25H2,1-4H3,(H,39,40). The lowest BCUT2D eigenvalue weighted by atomic mass is 9.70. The van der Waals surface area contributed by atoms with Gasteiger partial charge in [-0.1, -0.05) is 120 Å². The molecule has 1 unspecified atom stereocenters. The van der Waals surface area contributed by atoms with Crippen LogP contribution in [0.25, 0.3) is 5.57 Å². The molecule has 1 aliphatic rings. The van der Waals surface area contributed by atoms with Crippen molar-refractivity contribution in [2.45, 2.75) is 104 Å². The minimum atomic E-state index is -0.880. The molecule has 4 heteroatoms. The largest absolute Gasteiger partial charge is 0.507 e. The number of carboxylic acids is 1. The predicted octanol–water partition coefficient (Wildman–Crippen LogP) is 9.58. The number of carboxylic acid groups (broad SMARTS) is 1. The molecule has 0 aliphatic heterocycles. The summed E-state index contributed by atoms with van der Waals surface area (Å²) in [5.41, 5.74) is 6.67. The van der Waals surface area contributed by atoms with Gasteiger partial charge in [-0.25, -0.2) is 0 Å². The quantitative estimate of drug-likeness (QED) is 0.179. The lowest BCUT2D eigenvalue weighted by molar-refractivity contribution is -0.136. The molecule has 42 heavy (non-hydrogen) atoms. The summed E-state index contributed by atoms with van der Waals surface area (Å²) in [5, 5.41) is 34.2. The Balaban J connectivity index is 2.02. The summed E-state index contributed by atoms with van der Waals surface area (Å²) in [4.78, 5) is 11.9. The van der Waals surface area contributed by atoms with E-state index in [1.807, 2.05) is 36.4 Å². The number of phenols is 2. The third-order valence-corrected chi connectivity index (χ3v) is 9.01. The van der Waals surface area contributed by atoms with E-state index < -0.39 is 5.97 Å². The molecule has 0 aromatic heterocycles. The van der Waals surface area contributed by atoms with Gasteiger partial charge in [0.15, 0.2) is 0 Å². The van der Waals surface area contributed by atoms with E-state index >= 15 is 0 Å². The number of aliphatic carboxylic acids is 1. The van der Waals surface area contributed by atoms with Crippen molar-refractivity contribution in [3.8, 4) is 11.5 Å². The SMILES string of the molecule is CCCCCCC(C)(C)c1c(Cc2ccccc2)c(O)c(C2=C(CC(=O)O)CCC(C)C2)c(O)c1Cc1ccccc1. The molecule has 3 N–H and O–H groups in total. The Morgan fingerprint density at radius 1 is 0.857 bits per heavy atom. The first-order chi connectivity index (χ1) is 20.1. The summed E-state index contributed by atoms with van der Waals surface area (Å²) >= 11 is 0. The Labute approximate surface area is 252 Å². The van der Waals surface area contributed by atoms with Crippen LogP contribution in [0, 0.1) is 5.92 Å². The van der Waals surface area contributed by atoms with Crippen LogP contribution in [0.1, 0.15) is 119 Å². The van der Waals surface area contributed by atoms with E-state index in [1.54, 1.807) is 0 Å². The fourth-order valence-electron chi connectivity index (χ4n) is 6.82. The van der Waals surface area contributed by atoms with Crippen molar-refractivity contribution in [3.05, 3.63) is 99.6 Å². The van der Waals surface area contributed by atoms with Crippen molar-refractivity contribution in [3.63, 3.8) is 0 Å². The van der Waals surface area contributed by atoms with E-state index in [2.05, 4.69) is 52.0 Å². The van der Waals surface area contributed by atoms with Crippen LogP contribution in [0.5, 0.6) is 11.5 Å². The van der Waals surface area contributed by atoms with Crippen LogP contribution < -0.4 is 0 Å². The third-order valence-electron chi connectivity index (χ3n) is 9.01. The number of rotatable bonds is 13. The van der Waals surface area contributed by atoms with Gasteiger partial charge in [0.05, 0.1) is 12.0 Å². The zero-order chi connectivity index (χ0) is 30.3. The van der Waals surface area contributed by atoms with Gasteiger partial charge in [-0.15, -0.1) is 0 Å². The van der Waals surface area contributed by atoms with Crippen LogP contribution >= 0.6 is 0 Å². The third kappa shape index (κ3) is 7.45. The Morgan fingerprint density at radius 2 is 1.40 bits per heavy atom. The monoisotopic (exact) mass is 568 g/mol. The highest BCUT2D eigenvalue weighted by Gasteiger charge is 2.35. The predicted molar refractivity (Wildman–Crippen MR) is 172 cm³/mol. The molecule has 4 rings (SSSR count). The molecule has 0 saturated heterocycles. The summed E-state index contributed by atoms with van der Waals surface area (Å²) in [5.74, 6) is -0.329. The second kappa shape index (κ2) is 14.1. The molecule has 0 fully saturated rings. The lowest BCUT2D eigenvalue weighted by Gasteiger charge is -2.34. The maximum atomic E-state index is 12.2. The van der Waals surface area contributed by atoms with E-state index in [-0.39, 0.29) is 23.3 Å². The van der Waals surface area contributed by atoms with Crippen molar-refractivity contribution in [1.82, 2.24) is 0 Å². The summed E-state index contributed by atoms with van der Waals surface area (Å²) in [6, 6.07) is 20.4. The molecule has 3 aromatic rings. The number of unbranched alkanes of at least 4 members (excludes halogenated alkanes) is 3. The lowest BCUT2D eigenvalue weighted by Crippen LogP contribution is -2.23. The minimum Gasteiger partial charge on any atom is -0.507 e. The smallest absolute Gasteiger partial charge is 0.307 e. The van der Waals surface area contributed by atoms with Crippen molar-refractivity contribution < 1.29 is 20.1 Å². The van der Waals surface area contributed by atoms with Gasteiger partial charge in [0, 0.05) is 24.0 Å². The van der Waals surface area contributed by atoms with Crippen molar-refractivity contribution >= 4 is 11.5 Å². The second-order valence-corrected chi connectivity index (χ2v) is 12.9. The Hall–Kier alpha value is -3.53. The number of phenolic OH excluding ortho intramolecular Hbond substituents is 2. The fraction of sp³-hybridized carbons (Fsp3) is 0.447. The highest BCUT2D eigenvalue weighted by Crippen LogP contribution is 2.51. The van der Waals surface area contributed by atoms with Crippen LogP contribution in [0.3, 0.4) is 0 Å². The molecule has 0 radical (unpaired) electrons. The minimum absolute atomic E-state index is 0.0758. The number of aromatic hydroxyl groups is 2. The molecule has 0 saturated carbocycles. The fourth-order valence-corrected chi connectivity index (χ4v) is 6.82. The summed E-state index contributed by atoms with van der Waals surface area (Å²) in [6.45, 7) is 8.87. The first-order valence-corrected chi connectivity index (χ1v) is 15.7. The van der Waals surface area contributed by atoms with Gasteiger partial charge >= 0.3 is 5.97 Å². The Kier molecular flexibility index (Phi) is 10.5. The molecule has 1 aliphatic carbocycles. The van der Waals surface area contributed by atoms with Gasteiger partial charge in [0.25, 0.3) is 0 Å². The number of carbonyl (C=O) groups is 1. The zero-order valence-electron chi connectivity index (χ0n) is 25.9. The molecule has 4 nitrogen and oxygen atoms in total. The van der Waals surface area contributed by atoms with Gasteiger partial charge in [-0.05, 0) is 59.3 Å². The summed E-state index contributed by atoms with van der Waals surface area (Å²) in [7, 11) is 0. The topological polar surface area (TPSA) is 77.8 Å². The molecule has 3 aromatic carbocycles. The van der Waals surface area contributed by atoms with E-state index in [9.17, 15) is 20.1 Å². The highest BCUT2D eigenvalue weighted by molar-refractivity contribution is 5.85.